The fourth-order valence-electron chi connectivity index (χ4n) is 1.95. The molecule has 3 aromatic rings. The predicted octanol–water partition coefficient (Wildman–Crippen LogP) is 5.21. The molecule has 0 saturated heterocycles. The fraction of sp³-hybridized carbons (Fsp3) is 0.143. The van der Waals surface area contributed by atoms with Crippen LogP contribution in [0.15, 0.2) is 34.8 Å². The normalized spacial score (nSPS) is 10.9. The molecule has 2 heterocycles. The molecule has 0 saturated carbocycles. The molecule has 0 unspecified atom stereocenters. The topological polar surface area (TPSA) is 37.8 Å². The van der Waals surface area contributed by atoms with E-state index in [0.717, 1.165) is 37.0 Å². The minimum absolute atomic E-state index is 0.702. The molecule has 0 amide bonds. The van der Waals surface area contributed by atoms with Gasteiger partial charge < -0.3 is 5.32 Å². The van der Waals surface area contributed by atoms with Crippen molar-refractivity contribution in [2.75, 3.05) is 11.9 Å². The van der Waals surface area contributed by atoms with Gasteiger partial charge >= 0.3 is 0 Å². The first-order valence-electron chi connectivity index (χ1n) is 6.14. The summed E-state index contributed by atoms with van der Waals surface area (Å²) in [6.45, 7) is 2.86. The van der Waals surface area contributed by atoms with E-state index >= 15 is 0 Å². The van der Waals surface area contributed by atoms with Crippen molar-refractivity contribution in [3.63, 3.8) is 0 Å². The standard InChI is InChI=1S/C14H11BrClN3S/c1-2-17-13-9-7-8(15)3-4-10(9)18-14(19-13)11-5-6-12(16)20-11/h3-7H,2H2,1H3,(H,17,18,19). The van der Waals surface area contributed by atoms with Gasteiger partial charge in [0.05, 0.1) is 14.7 Å². The molecular weight excluding hydrogens is 358 g/mol. The van der Waals surface area contributed by atoms with Crippen LogP contribution in [0, 0.1) is 0 Å². The number of hydrogen-bond donors (Lipinski definition) is 1. The van der Waals surface area contributed by atoms with E-state index in [2.05, 4.69) is 31.2 Å². The lowest BCUT2D eigenvalue weighted by atomic mass is 10.2. The molecule has 0 aliphatic rings. The van der Waals surface area contributed by atoms with Gasteiger partial charge in [0.25, 0.3) is 0 Å². The number of fused-ring (bicyclic) bond motifs is 1. The maximum atomic E-state index is 5.99. The number of hydrogen-bond acceptors (Lipinski definition) is 4. The zero-order valence-electron chi connectivity index (χ0n) is 10.7. The second kappa shape index (κ2) is 5.68. The van der Waals surface area contributed by atoms with E-state index in [4.69, 9.17) is 11.6 Å². The number of nitrogens with one attached hydrogen (secondary N) is 1. The Bertz CT molecular complexity index is 772. The van der Waals surface area contributed by atoms with Crippen molar-refractivity contribution >= 4 is 55.6 Å². The van der Waals surface area contributed by atoms with E-state index < -0.39 is 0 Å². The molecule has 1 N–H and O–H groups in total. The molecule has 2 aromatic heterocycles. The molecule has 6 heteroatoms. The van der Waals surface area contributed by atoms with E-state index in [1.165, 1.54) is 11.3 Å². The molecule has 102 valence electrons. The average Bonchev–Trinajstić information content (AvgIpc) is 2.86. The number of halogens is 2. The number of thiophene rings is 1. The summed E-state index contributed by atoms with van der Waals surface area (Å²) in [6, 6.07) is 9.81. The van der Waals surface area contributed by atoms with Crippen molar-refractivity contribution in [1.29, 1.82) is 0 Å². The van der Waals surface area contributed by atoms with Crippen LogP contribution in [-0.2, 0) is 0 Å². The van der Waals surface area contributed by atoms with Gasteiger partial charge in [0.15, 0.2) is 5.82 Å². The third-order valence-corrected chi connectivity index (χ3v) is 4.52. The molecule has 0 fully saturated rings. The van der Waals surface area contributed by atoms with Gasteiger partial charge in [-0.05, 0) is 37.3 Å². The highest BCUT2D eigenvalue weighted by Gasteiger charge is 2.11. The molecule has 1 aromatic carbocycles. The zero-order valence-corrected chi connectivity index (χ0v) is 13.8. The van der Waals surface area contributed by atoms with Gasteiger partial charge in [-0.15, -0.1) is 11.3 Å². The number of benzene rings is 1. The van der Waals surface area contributed by atoms with Gasteiger partial charge in [0, 0.05) is 16.4 Å². The summed E-state index contributed by atoms with van der Waals surface area (Å²) >= 11 is 11.0. The van der Waals surface area contributed by atoms with Gasteiger partial charge in [0.1, 0.15) is 5.82 Å². The van der Waals surface area contributed by atoms with Crippen LogP contribution in [0.25, 0.3) is 21.6 Å². The molecule has 0 aliphatic carbocycles. The van der Waals surface area contributed by atoms with Crippen molar-refractivity contribution in [2.24, 2.45) is 0 Å². The highest BCUT2D eigenvalue weighted by atomic mass is 79.9. The highest BCUT2D eigenvalue weighted by Crippen LogP contribution is 2.32. The van der Waals surface area contributed by atoms with Crippen molar-refractivity contribution < 1.29 is 0 Å². The van der Waals surface area contributed by atoms with Crippen molar-refractivity contribution in [2.45, 2.75) is 6.92 Å². The minimum Gasteiger partial charge on any atom is -0.370 e. The van der Waals surface area contributed by atoms with Crippen molar-refractivity contribution in [3.05, 3.63) is 39.1 Å². The van der Waals surface area contributed by atoms with E-state index in [9.17, 15) is 0 Å². The third kappa shape index (κ3) is 2.66. The van der Waals surface area contributed by atoms with Crippen LogP contribution in [0.5, 0.6) is 0 Å². The second-order valence-corrected chi connectivity index (χ2v) is 6.82. The average molecular weight is 369 g/mol. The Balaban J connectivity index is 2.22. The van der Waals surface area contributed by atoms with Crippen LogP contribution in [0.4, 0.5) is 5.82 Å². The number of aromatic nitrogens is 2. The van der Waals surface area contributed by atoms with Crippen LogP contribution in [-0.4, -0.2) is 16.5 Å². The van der Waals surface area contributed by atoms with E-state index in [0.29, 0.717) is 5.82 Å². The van der Waals surface area contributed by atoms with Crippen LogP contribution in [0.2, 0.25) is 4.34 Å². The lowest BCUT2D eigenvalue weighted by Crippen LogP contribution is -2.02. The first kappa shape index (κ1) is 13.8. The monoisotopic (exact) mass is 367 g/mol. The zero-order chi connectivity index (χ0) is 14.1. The van der Waals surface area contributed by atoms with Gasteiger partial charge in [-0.2, -0.15) is 0 Å². The summed E-state index contributed by atoms with van der Waals surface area (Å²) in [5, 5.41) is 4.30. The van der Waals surface area contributed by atoms with Crippen molar-refractivity contribution in [1.82, 2.24) is 9.97 Å². The number of anilines is 1. The number of rotatable bonds is 3. The van der Waals surface area contributed by atoms with E-state index in [-0.39, 0.29) is 0 Å². The van der Waals surface area contributed by atoms with Crippen LogP contribution in [0.3, 0.4) is 0 Å². The van der Waals surface area contributed by atoms with Crippen molar-refractivity contribution in [3.8, 4) is 10.7 Å². The van der Waals surface area contributed by atoms with Gasteiger partial charge in [-0.3, -0.25) is 0 Å². The summed E-state index contributed by atoms with van der Waals surface area (Å²) in [5.74, 6) is 1.55. The molecule has 0 bridgehead atoms. The fourth-order valence-corrected chi connectivity index (χ4v) is 3.29. The summed E-state index contributed by atoms with van der Waals surface area (Å²) in [5.41, 5.74) is 0.915. The Morgan fingerprint density at radius 3 is 2.80 bits per heavy atom. The lowest BCUT2D eigenvalue weighted by Gasteiger charge is -2.09. The highest BCUT2D eigenvalue weighted by molar-refractivity contribution is 9.10. The molecule has 20 heavy (non-hydrogen) atoms. The first-order chi connectivity index (χ1) is 9.67. The largest absolute Gasteiger partial charge is 0.370 e. The first-order valence-corrected chi connectivity index (χ1v) is 8.13. The Kier molecular flexibility index (Phi) is 3.92. The van der Waals surface area contributed by atoms with Crippen LogP contribution >= 0.6 is 38.9 Å². The molecule has 3 rings (SSSR count). The SMILES string of the molecule is CCNc1nc(-c2ccc(Cl)s2)nc2ccc(Br)cc12. The van der Waals surface area contributed by atoms with Crippen LogP contribution in [0.1, 0.15) is 6.92 Å². The van der Waals surface area contributed by atoms with Gasteiger partial charge in [-0.1, -0.05) is 27.5 Å². The number of nitrogens with zero attached hydrogens (tertiary/aromatic N) is 2. The summed E-state index contributed by atoms with van der Waals surface area (Å²) in [4.78, 5) is 10.2. The summed E-state index contributed by atoms with van der Waals surface area (Å²) in [7, 11) is 0. The Morgan fingerprint density at radius 2 is 2.10 bits per heavy atom. The van der Waals surface area contributed by atoms with Crippen LogP contribution < -0.4 is 5.32 Å². The molecule has 0 spiro atoms. The summed E-state index contributed by atoms with van der Waals surface area (Å²) in [6.07, 6.45) is 0. The molecule has 3 nitrogen and oxygen atoms in total. The predicted molar refractivity (Wildman–Crippen MR) is 89.7 cm³/mol. The lowest BCUT2D eigenvalue weighted by molar-refractivity contribution is 1.15. The Labute approximate surface area is 134 Å². The molecule has 0 radical (unpaired) electrons. The molecule has 0 atom stereocenters. The molecule has 0 aliphatic heterocycles. The van der Waals surface area contributed by atoms with Gasteiger partial charge in [-0.25, -0.2) is 9.97 Å². The maximum absolute atomic E-state index is 5.99. The third-order valence-electron chi connectivity index (χ3n) is 2.80. The van der Waals surface area contributed by atoms with E-state index in [1.807, 2.05) is 37.3 Å². The smallest absolute Gasteiger partial charge is 0.172 e. The Morgan fingerprint density at radius 1 is 1.25 bits per heavy atom. The quantitative estimate of drug-likeness (QED) is 0.690. The maximum Gasteiger partial charge on any atom is 0.172 e. The minimum atomic E-state index is 0.702. The molecular formula is C14H11BrClN3S. The van der Waals surface area contributed by atoms with Gasteiger partial charge in [0.2, 0.25) is 0 Å². The Hall–Kier alpha value is -1.17. The van der Waals surface area contributed by atoms with E-state index in [1.54, 1.807) is 0 Å². The summed E-state index contributed by atoms with van der Waals surface area (Å²) < 4.78 is 1.75. The second-order valence-electron chi connectivity index (χ2n) is 4.19.